The van der Waals surface area contributed by atoms with Crippen LogP contribution >= 0.6 is 0 Å². The number of carbonyl (C=O) groups excluding carboxylic acids is 2. The van der Waals surface area contributed by atoms with Crippen molar-refractivity contribution in [1.29, 1.82) is 0 Å². The van der Waals surface area contributed by atoms with Crippen LogP contribution in [0.3, 0.4) is 0 Å². The second-order valence-electron chi connectivity index (χ2n) is 4.68. The van der Waals surface area contributed by atoms with Gasteiger partial charge in [-0.15, -0.1) is 0 Å². The van der Waals surface area contributed by atoms with Crippen LogP contribution in [0, 0.1) is 5.92 Å². The first-order valence-corrected chi connectivity index (χ1v) is 6.20. The average Bonchev–Trinajstić information content (AvgIpc) is 2.55. The maximum absolute atomic E-state index is 13.3. The van der Waals surface area contributed by atoms with Crippen molar-refractivity contribution < 1.29 is 27.8 Å². The molecule has 0 spiro atoms. The molecule has 0 aromatic heterocycles. The van der Waals surface area contributed by atoms with Gasteiger partial charge in [0.1, 0.15) is 6.04 Å². The van der Waals surface area contributed by atoms with Crippen LogP contribution < -0.4 is 5.32 Å². The summed E-state index contributed by atoms with van der Waals surface area (Å²) in [5.74, 6) is -3.69. The minimum atomic E-state index is -2.69. The number of hydrogen-bond donors (Lipinski definition) is 1. The zero-order chi connectivity index (χ0) is 14.5. The number of carbonyl (C=O) groups is 2. The highest BCUT2D eigenvalue weighted by Gasteiger charge is 2.38. The van der Waals surface area contributed by atoms with Gasteiger partial charge in [0, 0.05) is 12.8 Å². The van der Waals surface area contributed by atoms with Crippen LogP contribution in [0.2, 0.25) is 0 Å². The van der Waals surface area contributed by atoms with Crippen molar-refractivity contribution in [2.24, 2.45) is 5.92 Å². The fourth-order valence-electron chi connectivity index (χ4n) is 2.30. The number of amides is 1. The van der Waals surface area contributed by atoms with Crippen LogP contribution in [0.1, 0.15) is 32.1 Å². The second kappa shape index (κ2) is 6.68. The summed E-state index contributed by atoms with van der Waals surface area (Å²) >= 11 is 0. The van der Waals surface area contributed by atoms with Crippen molar-refractivity contribution in [2.45, 2.75) is 44.1 Å². The second-order valence-corrected chi connectivity index (χ2v) is 4.68. The van der Waals surface area contributed by atoms with Gasteiger partial charge in [0.25, 0.3) is 0 Å². The number of halogens is 2. The summed E-state index contributed by atoms with van der Waals surface area (Å²) < 4.78 is 35.6. The highest BCUT2D eigenvalue weighted by molar-refractivity contribution is 5.81. The third-order valence-electron chi connectivity index (χ3n) is 3.38. The third-order valence-corrected chi connectivity index (χ3v) is 3.38. The van der Waals surface area contributed by atoms with Crippen molar-refractivity contribution in [3.63, 3.8) is 0 Å². The van der Waals surface area contributed by atoms with Crippen LogP contribution in [0.25, 0.3) is 0 Å². The lowest BCUT2D eigenvalue weighted by molar-refractivity contribution is -0.144. The summed E-state index contributed by atoms with van der Waals surface area (Å²) in [5, 5.41) is 2.36. The molecule has 0 aromatic carbocycles. The van der Waals surface area contributed by atoms with E-state index in [0.29, 0.717) is 12.8 Å². The van der Waals surface area contributed by atoms with E-state index in [1.165, 1.54) is 14.2 Å². The molecule has 2 unspecified atom stereocenters. The first-order chi connectivity index (χ1) is 8.89. The van der Waals surface area contributed by atoms with E-state index in [9.17, 15) is 18.4 Å². The van der Waals surface area contributed by atoms with E-state index in [1.54, 1.807) is 0 Å². The van der Waals surface area contributed by atoms with E-state index < -0.39 is 24.0 Å². The maximum atomic E-state index is 13.3. The molecule has 0 aromatic rings. The molecule has 1 fully saturated rings. The summed E-state index contributed by atoms with van der Waals surface area (Å²) in [6.07, 6.45) is -0.320. The molecule has 110 valence electrons. The predicted molar refractivity (Wildman–Crippen MR) is 62.9 cm³/mol. The maximum Gasteiger partial charge on any atom is 0.407 e. The third kappa shape index (κ3) is 4.65. The molecule has 5 nitrogen and oxygen atoms in total. The fourth-order valence-corrected chi connectivity index (χ4v) is 2.30. The van der Waals surface area contributed by atoms with Crippen molar-refractivity contribution in [2.75, 3.05) is 14.2 Å². The highest BCUT2D eigenvalue weighted by atomic mass is 19.3. The Morgan fingerprint density at radius 1 is 1.21 bits per heavy atom. The van der Waals surface area contributed by atoms with E-state index in [2.05, 4.69) is 14.8 Å². The van der Waals surface area contributed by atoms with Gasteiger partial charge in [0.2, 0.25) is 5.92 Å². The van der Waals surface area contributed by atoms with Crippen molar-refractivity contribution in [1.82, 2.24) is 5.32 Å². The largest absolute Gasteiger partial charge is 0.467 e. The van der Waals surface area contributed by atoms with Crippen molar-refractivity contribution in [3.05, 3.63) is 0 Å². The van der Waals surface area contributed by atoms with E-state index >= 15 is 0 Å². The van der Waals surface area contributed by atoms with Gasteiger partial charge in [-0.3, -0.25) is 0 Å². The van der Waals surface area contributed by atoms with E-state index in [0.717, 1.165) is 0 Å². The van der Waals surface area contributed by atoms with Crippen LogP contribution in [0.15, 0.2) is 0 Å². The molecule has 1 saturated carbocycles. The Morgan fingerprint density at radius 2 is 1.89 bits per heavy atom. The van der Waals surface area contributed by atoms with Gasteiger partial charge < -0.3 is 14.8 Å². The van der Waals surface area contributed by atoms with Crippen molar-refractivity contribution in [3.8, 4) is 0 Å². The summed E-state index contributed by atoms with van der Waals surface area (Å²) in [6.45, 7) is 0. The normalized spacial score (nSPS) is 23.9. The SMILES string of the molecule is COC(=O)NC(C(=O)OC)C1CCCC(F)(F)CC1. The molecule has 0 bridgehead atoms. The first-order valence-electron chi connectivity index (χ1n) is 6.20. The monoisotopic (exact) mass is 279 g/mol. The summed E-state index contributed by atoms with van der Waals surface area (Å²) in [7, 11) is 2.37. The standard InChI is InChI=1S/C12H19F2NO4/c1-18-10(16)9(15-11(17)19-2)8-4-3-6-12(13,14)7-5-8/h8-9H,3-7H2,1-2H3,(H,15,17). The lowest BCUT2D eigenvalue weighted by Crippen LogP contribution is -2.46. The molecule has 1 aliphatic carbocycles. The van der Waals surface area contributed by atoms with Gasteiger partial charge in [-0.05, 0) is 25.2 Å². The summed E-state index contributed by atoms with van der Waals surface area (Å²) in [5.41, 5.74) is 0. The molecule has 0 radical (unpaired) electrons. The molecular formula is C12H19F2NO4. The van der Waals surface area contributed by atoms with E-state index in [4.69, 9.17) is 0 Å². The molecule has 0 aliphatic heterocycles. The minimum absolute atomic E-state index is 0.163. The van der Waals surface area contributed by atoms with Gasteiger partial charge in [-0.1, -0.05) is 0 Å². The van der Waals surface area contributed by atoms with E-state index in [-0.39, 0.29) is 25.2 Å². The van der Waals surface area contributed by atoms with Crippen LogP contribution in [0.5, 0.6) is 0 Å². The number of rotatable bonds is 3. The van der Waals surface area contributed by atoms with Gasteiger partial charge in [0.15, 0.2) is 0 Å². The zero-order valence-corrected chi connectivity index (χ0v) is 11.1. The van der Waals surface area contributed by atoms with Gasteiger partial charge in [-0.2, -0.15) is 0 Å². The summed E-state index contributed by atoms with van der Waals surface area (Å²) in [4.78, 5) is 22.9. The Morgan fingerprint density at radius 3 is 2.47 bits per heavy atom. The quantitative estimate of drug-likeness (QED) is 0.634. The molecule has 1 N–H and O–H groups in total. The highest BCUT2D eigenvalue weighted by Crippen LogP contribution is 2.35. The molecule has 0 heterocycles. The fraction of sp³-hybridized carbons (Fsp3) is 0.833. The van der Waals surface area contributed by atoms with E-state index in [1.807, 2.05) is 0 Å². The molecule has 0 saturated heterocycles. The smallest absolute Gasteiger partial charge is 0.407 e. The Hall–Kier alpha value is -1.40. The van der Waals surface area contributed by atoms with Gasteiger partial charge >= 0.3 is 12.1 Å². The Labute approximate surface area is 110 Å². The first kappa shape index (κ1) is 15.7. The molecular weight excluding hydrogens is 260 g/mol. The Balaban J connectivity index is 2.74. The molecule has 1 aliphatic rings. The molecule has 1 amide bonds. The number of alkyl carbamates (subject to hydrolysis) is 1. The lowest BCUT2D eigenvalue weighted by Gasteiger charge is -2.24. The Bertz CT molecular complexity index is 336. The molecule has 19 heavy (non-hydrogen) atoms. The zero-order valence-electron chi connectivity index (χ0n) is 11.1. The number of alkyl halides is 2. The molecule has 7 heteroatoms. The topological polar surface area (TPSA) is 64.6 Å². The number of esters is 1. The van der Waals surface area contributed by atoms with Crippen LogP contribution in [0.4, 0.5) is 13.6 Å². The number of nitrogens with one attached hydrogen (secondary N) is 1. The van der Waals surface area contributed by atoms with Gasteiger partial charge in [-0.25, -0.2) is 18.4 Å². The molecule has 1 rings (SSSR count). The Kier molecular flexibility index (Phi) is 5.50. The minimum Gasteiger partial charge on any atom is -0.467 e. The summed E-state index contributed by atoms with van der Waals surface area (Å²) in [6, 6.07) is -0.939. The number of hydrogen-bond acceptors (Lipinski definition) is 4. The molecule has 2 atom stereocenters. The van der Waals surface area contributed by atoms with Crippen molar-refractivity contribution >= 4 is 12.1 Å². The predicted octanol–water partition coefficient (Wildman–Crippen LogP) is 2.10. The number of ether oxygens (including phenoxy) is 2. The van der Waals surface area contributed by atoms with Crippen LogP contribution in [-0.2, 0) is 14.3 Å². The average molecular weight is 279 g/mol. The van der Waals surface area contributed by atoms with Gasteiger partial charge in [0.05, 0.1) is 14.2 Å². The number of methoxy groups -OCH3 is 2. The lowest BCUT2D eigenvalue weighted by atomic mass is 9.92. The van der Waals surface area contributed by atoms with Crippen LogP contribution in [-0.4, -0.2) is 38.2 Å².